The average Bonchev–Trinajstić information content (AvgIpc) is 2.97. The molecule has 0 amide bonds. The minimum atomic E-state index is -2.38. The van der Waals surface area contributed by atoms with Gasteiger partial charge in [-0.15, -0.1) is 0 Å². The molecule has 0 spiro atoms. The van der Waals surface area contributed by atoms with Crippen LogP contribution in [-0.2, 0) is 0 Å². The molecule has 0 fully saturated rings. The first-order valence-corrected chi connectivity index (χ1v) is 6.87. The number of oxazole rings is 1. The molecule has 108 valence electrons. The second-order valence-corrected chi connectivity index (χ2v) is 5.07. The molecule has 4 aromatic rings. The van der Waals surface area contributed by atoms with E-state index in [1.54, 1.807) is 6.07 Å². The maximum absolute atomic E-state index is 7.38. The fourth-order valence-electron chi connectivity index (χ4n) is 2.37. The fraction of sp³-hybridized carbons (Fsp3) is 0.0625. The molecule has 0 unspecified atom stereocenters. The SMILES string of the molecule is [2H]C([2H])([2H])Nc1ncc(-c2nc3ccccc3o2)c2cc(Cl)ncc12. The Morgan fingerprint density at radius 3 is 2.95 bits per heavy atom. The highest BCUT2D eigenvalue weighted by Crippen LogP contribution is 2.33. The third-order valence-corrected chi connectivity index (χ3v) is 3.59. The molecule has 0 radical (unpaired) electrons. The number of nitrogens with one attached hydrogen (secondary N) is 1. The van der Waals surface area contributed by atoms with E-state index in [4.69, 9.17) is 20.1 Å². The van der Waals surface area contributed by atoms with Gasteiger partial charge in [-0.25, -0.2) is 15.0 Å². The number of hydrogen-bond acceptors (Lipinski definition) is 5. The maximum Gasteiger partial charge on any atom is 0.229 e. The van der Waals surface area contributed by atoms with E-state index < -0.39 is 6.98 Å². The Balaban J connectivity index is 1.95. The molecule has 0 aliphatic heterocycles. The second-order valence-electron chi connectivity index (χ2n) is 4.68. The zero-order valence-corrected chi connectivity index (χ0v) is 11.9. The summed E-state index contributed by atoms with van der Waals surface area (Å²) in [6, 6.07) is 9.03. The summed E-state index contributed by atoms with van der Waals surface area (Å²) >= 11 is 6.03. The van der Waals surface area contributed by atoms with Gasteiger partial charge in [-0.3, -0.25) is 0 Å². The normalized spacial score (nSPS) is 13.8. The lowest BCUT2D eigenvalue weighted by Gasteiger charge is -2.07. The Morgan fingerprint density at radius 2 is 2.09 bits per heavy atom. The Morgan fingerprint density at radius 1 is 1.18 bits per heavy atom. The van der Waals surface area contributed by atoms with E-state index in [0.29, 0.717) is 27.8 Å². The Labute approximate surface area is 135 Å². The lowest BCUT2D eigenvalue weighted by molar-refractivity contribution is 0.620. The van der Waals surface area contributed by atoms with Crippen LogP contribution in [0.5, 0.6) is 0 Å². The van der Waals surface area contributed by atoms with Crippen LogP contribution in [0.2, 0.25) is 5.15 Å². The van der Waals surface area contributed by atoms with Gasteiger partial charge < -0.3 is 9.73 Å². The van der Waals surface area contributed by atoms with Crippen LogP contribution in [0.15, 0.2) is 47.1 Å². The number of anilines is 1. The molecule has 0 atom stereocenters. The van der Waals surface area contributed by atoms with Gasteiger partial charge in [0.15, 0.2) is 5.58 Å². The molecule has 0 saturated carbocycles. The molecule has 4 rings (SSSR count). The van der Waals surface area contributed by atoms with E-state index in [1.165, 1.54) is 12.4 Å². The zero-order valence-electron chi connectivity index (χ0n) is 14.2. The number of rotatable bonds is 2. The molecule has 0 saturated heterocycles. The summed E-state index contributed by atoms with van der Waals surface area (Å²) in [6.07, 6.45) is 2.99. The maximum atomic E-state index is 7.38. The van der Waals surface area contributed by atoms with Crippen LogP contribution in [0, 0.1) is 0 Å². The molecular formula is C16H11ClN4O. The molecule has 3 aromatic heterocycles. The smallest absolute Gasteiger partial charge is 0.229 e. The van der Waals surface area contributed by atoms with Gasteiger partial charge >= 0.3 is 0 Å². The van der Waals surface area contributed by atoms with Crippen LogP contribution in [0.4, 0.5) is 5.82 Å². The number of benzene rings is 1. The van der Waals surface area contributed by atoms with Gasteiger partial charge in [0.05, 0.1) is 5.56 Å². The molecule has 22 heavy (non-hydrogen) atoms. The quantitative estimate of drug-likeness (QED) is 0.564. The van der Waals surface area contributed by atoms with Crippen LogP contribution in [0.25, 0.3) is 33.3 Å². The summed E-state index contributed by atoms with van der Waals surface area (Å²) in [5, 5.41) is 3.84. The van der Waals surface area contributed by atoms with Crippen LogP contribution in [0.1, 0.15) is 4.11 Å². The highest BCUT2D eigenvalue weighted by atomic mass is 35.5. The average molecular weight is 314 g/mol. The minimum absolute atomic E-state index is 0.194. The first-order chi connectivity index (χ1) is 11.9. The van der Waals surface area contributed by atoms with Crippen molar-refractivity contribution in [3.63, 3.8) is 0 Å². The van der Waals surface area contributed by atoms with Crippen molar-refractivity contribution in [2.24, 2.45) is 0 Å². The van der Waals surface area contributed by atoms with Gasteiger partial charge in [0.1, 0.15) is 16.5 Å². The summed E-state index contributed by atoms with van der Waals surface area (Å²) in [6.45, 7) is -2.38. The van der Waals surface area contributed by atoms with E-state index in [2.05, 4.69) is 20.3 Å². The molecule has 0 aliphatic rings. The Hall–Kier alpha value is -2.66. The Kier molecular flexibility index (Phi) is 2.28. The number of aromatic nitrogens is 3. The van der Waals surface area contributed by atoms with Gasteiger partial charge in [0.2, 0.25) is 5.89 Å². The molecule has 1 N–H and O–H groups in total. The molecule has 1 aromatic carbocycles. The van der Waals surface area contributed by atoms with Gasteiger partial charge in [-0.05, 0) is 18.2 Å². The predicted molar refractivity (Wildman–Crippen MR) is 87.1 cm³/mol. The molecule has 0 bridgehead atoms. The molecule has 3 heterocycles. The molecular weight excluding hydrogens is 300 g/mol. The van der Waals surface area contributed by atoms with Gasteiger partial charge in [-0.1, -0.05) is 23.7 Å². The van der Waals surface area contributed by atoms with E-state index in [9.17, 15) is 0 Å². The van der Waals surface area contributed by atoms with Gasteiger partial charge in [0, 0.05) is 34.3 Å². The van der Waals surface area contributed by atoms with Crippen molar-refractivity contribution in [2.45, 2.75) is 0 Å². The summed E-state index contributed by atoms with van der Waals surface area (Å²) in [5.41, 5.74) is 1.97. The summed E-state index contributed by atoms with van der Waals surface area (Å²) in [7, 11) is 0. The molecule has 0 aliphatic carbocycles. The highest BCUT2D eigenvalue weighted by Gasteiger charge is 2.14. The van der Waals surface area contributed by atoms with Crippen molar-refractivity contribution in [1.29, 1.82) is 0 Å². The number of pyridine rings is 2. The van der Waals surface area contributed by atoms with Crippen LogP contribution < -0.4 is 5.32 Å². The third kappa shape index (κ3) is 1.98. The number of hydrogen-bond donors (Lipinski definition) is 1. The number of halogens is 1. The zero-order chi connectivity index (χ0) is 17.6. The van der Waals surface area contributed by atoms with Crippen molar-refractivity contribution in [3.05, 3.63) is 47.9 Å². The van der Waals surface area contributed by atoms with Crippen molar-refractivity contribution in [2.75, 3.05) is 12.3 Å². The van der Waals surface area contributed by atoms with Crippen molar-refractivity contribution in [3.8, 4) is 11.5 Å². The fourth-order valence-corrected chi connectivity index (χ4v) is 2.52. The van der Waals surface area contributed by atoms with Crippen molar-refractivity contribution >= 4 is 39.3 Å². The molecule has 5 nitrogen and oxygen atoms in total. The lowest BCUT2D eigenvalue weighted by Crippen LogP contribution is -1.95. The topological polar surface area (TPSA) is 63.8 Å². The summed E-state index contributed by atoms with van der Waals surface area (Å²) in [4.78, 5) is 12.7. The Bertz CT molecular complexity index is 1060. The predicted octanol–water partition coefficient (Wildman–Crippen LogP) is 4.13. The standard InChI is InChI=1S/C16H11ClN4O/c1-18-15-10-7-19-14(17)6-9(10)11(8-20-15)16-21-12-4-2-3-5-13(12)22-16/h2-8H,1H3,(H,18,20)/i1D3. The van der Waals surface area contributed by atoms with Crippen molar-refractivity contribution in [1.82, 2.24) is 15.0 Å². The lowest BCUT2D eigenvalue weighted by atomic mass is 10.1. The number of nitrogens with zero attached hydrogens (tertiary/aromatic N) is 3. The number of para-hydroxylation sites is 2. The monoisotopic (exact) mass is 313 g/mol. The van der Waals surface area contributed by atoms with Crippen LogP contribution in [0.3, 0.4) is 0 Å². The molecule has 6 heteroatoms. The first kappa shape index (κ1) is 10.1. The first-order valence-electron chi connectivity index (χ1n) is 7.99. The van der Waals surface area contributed by atoms with E-state index in [1.807, 2.05) is 24.3 Å². The van der Waals surface area contributed by atoms with E-state index in [-0.39, 0.29) is 11.0 Å². The number of fused-ring (bicyclic) bond motifs is 2. The van der Waals surface area contributed by atoms with Gasteiger partial charge in [0.25, 0.3) is 0 Å². The third-order valence-electron chi connectivity index (χ3n) is 3.38. The second kappa shape index (κ2) is 4.96. The minimum Gasteiger partial charge on any atom is -0.436 e. The van der Waals surface area contributed by atoms with Gasteiger partial charge in [-0.2, -0.15) is 0 Å². The summed E-state index contributed by atoms with van der Waals surface area (Å²) in [5.74, 6) is 0.570. The largest absolute Gasteiger partial charge is 0.436 e. The highest BCUT2D eigenvalue weighted by molar-refractivity contribution is 6.30. The van der Waals surface area contributed by atoms with E-state index in [0.717, 1.165) is 5.52 Å². The summed E-state index contributed by atoms with van der Waals surface area (Å²) < 4.78 is 27.9. The van der Waals surface area contributed by atoms with Crippen LogP contribution >= 0.6 is 11.6 Å². The van der Waals surface area contributed by atoms with Crippen molar-refractivity contribution < 1.29 is 8.53 Å². The van der Waals surface area contributed by atoms with Crippen LogP contribution in [-0.4, -0.2) is 21.9 Å². The van der Waals surface area contributed by atoms with E-state index >= 15 is 0 Å².